The van der Waals surface area contributed by atoms with E-state index in [9.17, 15) is 0 Å². The quantitative estimate of drug-likeness (QED) is 0.376. The van der Waals surface area contributed by atoms with Crippen molar-refractivity contribution < 1.29 is 9.47 Å². The first-order valence-electron chi connectivity index (χ1n) is 12.3. The molecule has 2 aromatic carbocycles. The summed E-state index contributed by atoms with van der Waals surface area (Å²) in [6, 6.07) is 13.5. The van der Waals surface area contributed by atoms with Crippen molar-refractivity contribution in [3.8, 4) is 22.8 Å². The van der Waals surface area contributed by atoms with Crippen LogP contribution in [0.1, 0.15) is 6.42 Å². The van der Waals surface area contributed by atoms with Crippen LogP contribution in [0, 0.1) is 0 Å². The molecule has 37 heavy (non-hydrogen) atoms. The Kier molecular flexibility index (Phi) is 7.19. The van der Waals surface area contributed by atoms with Crippen molar-refractivity contribution in [2.75, 3.05) is 45.3 Å². The van der Waals surface area contributed by atoms with Crippen LogP contribution in [0.4, 0.5) is 11.4 Å². The van der Waals surface area contributed by atoms with Crippen molar-refractivity contribution in [3.63, 3.8) is 0 Å². The first-order chi connectivity index (χ1) is 17.6. The van der Waals surface area contributed by atoms with Crippen molar-refractivity contribution in [1.29, 1.82) is 0 Å². The number of nitrogens with zero attached hydrogens (tertiary/aromatic N) is 6. The smallest absolute Gasteiger partial charge is 0.124 e. The predicted molar refractivity (Wildman–Crippen MR) is 147 cm³/mol. The van der Waals surface area contributed by atoms with Gasteiger partial charge in [0, 0.05) is 86.6 Å². The predicted octanol–water partition coefficient (Wildman–Crippen LogP) is 3.65. The van der Waals surface area contributed by atoms with Gasteiger partial charge in [-0.1, -0.05) is 0 Å². The third-order valence-electron chi connectivity index (χ3n) is 7.27. The lowest BCUT2D eigenvalue weighted by Gasteiger charge is -2.32. The number of hydrogen-bond acceptors (Lipinski definition) is 8. The molecule has 4 aromatic rings. The van der Waals surface area contributed by atoms with Gasteiger partial charge in [0.1, 0.15) is 11.5 Å². The Morgan fingerprint density at radius 3 is 2.49 bits per heavy atom. The number of ether oxygens (including phenoxy) is 2. The molecule has 0 unspecified atom stereocenters. The van der Waals surface area contributed by atoms with Gasteiger partial charge in [-0.25, -0.2) is 4.98 Å². The van der Waals surface area contributed by atoms with Gasteiger partial charge in [0.2, 0.25) is 0 Å². The molecule has 2 bridgehead atoms. The summed E-state index contributed by atoms with van der Waals surface area (Å²) < 4.78 is 12.9. The number of benzene rings is 2. The van der Waals surface area contributed by atoms with Gasteiger partial charge >= 0.3 is 0 Å². The summed E-state index contributed by atoms with van der Waals surface area (Å²) in [4.78, 5) is 14.5. The molecule has 2 aliphatic heterocycles. The second-order valence-electron chi connectivity index (χ2n) is 9.54. The van der Waals surface area contributed by atoms with Crippen LogP contribution in [-0.4, -0.2) is 77.1 Å². The van der Waals surface area contributed by atoms with Crippen LogP contribution in [0.3, 0.4) is 0 Å². The summed E-state index contributed by atoms with van der Waals surface area (Å²) in [6.45, 7) is 4.00. The van der Waals surface area contributed by atoms with E-state index >= 15 is 0 Å². The van der Waals surface area contributed by atoms with Gasteiger partial charge in [-0.15, -0.1) is 12.4 Å². The van der Waals surface area contributed by atoms with Gasteiger partial charge in [0.25, 0.3) is 0 Å². The summed E-state index contributed by atoms with van der Waals surface area (Å²) in [7, 11) is 5.27. The van der Waals surface area contributed by atoms with Crippen molar-refractivity contribution in [2.24, 2.45) is 7.05 Å². The minimum absolute atomic E-state index is 0. The maximum atomic E-state index is 5.58. The number of nitrogens with one attached hydrogen (secondary N) is 1. The Bertz CT molecular complexity index is 1370. The van der Waals surface area contributed by atoms with E-state index in [0.717, 1.165) is 71.3 Å². The van der Waals surface area contributed by atoms with Crippen molar-refractivity contribution in [2.45, 2.75) is 18.5 Å². The summed E-state index contributed by atoms with van der Waals surface area (Å²) in [6.07, 6.45) is 6.82. The summed E-state index contributed by atoms with van der Waals surface area (Å²) >= 11 is 0. The minimum atomic E-state index is 0. The van der Waals surface area contributed by atoms with Gasteiger partial charge in [0.05, 0.1) is 43.3 Å². The summed E-state index contributed by atoms with van der Waals surface area (Å²) in [5, 5.41) is 7.88. The molecule has 0 spiro atoms. The van der Waals surface area contributed by atoms with Crippen LogP contribution in [0.15, 0.2) is 55.0 Å². The molecule has 1 N–H and O–H groups in total. The molecule has 4 heterocycles. The monoisotopic (exact) mass is 521 g/mol. The minimum Gasteiger partial charge on any atom is -0.497 e. The fraction of sp³-hybridized carbons (Fsp3) is 0.370. The number of aromatic nitrogens is 4. The van der Waals surface area contributed by atoms with Crippen LogP contribution < -0.4 is 19.7 Å². The number of hydrogen-bond donors (Lipinski definition) is 1. The first-order valence-corrected chi connectivity index (χ1v) is 12.3. The Labute approximate surface area is 222 Å². The number of piperazine rings is 1. The molecule has 6 rings (SSSR count). The molecule has 2 atom stereocenters. The number of rotatable bonds is 8. The zero-order valence-electron chi connectivity index (χ0n) is 21.3. The second-order valence-corrected chi connectivity index (χ2v) is 9.54. The molecule has 10 heteroatoms. The molecule has 9 nitrogen and oxygen atoms in total. The molecule has 2 saturated heterocycles. The lowest BCUT2D eigenvalue weighted by Crippen LogP contribution is -2.46. The van der Waals surface area contributed by atoms with Gasteiger partial charge in [-0.3, -0.25) is 14.6 Å². The van der Waals surface area contributed by atoms with Gasteiger partial charge < -0.3 is 19.7 Å². The number of likely N-dealkylation sites (tertiary alicyclic amines) is 1. The number of halogens is 1. The number of anilines is 2. The maximum absolute atomic E-state index is 5.58. The zero-order valence-corrected chi connectivity index (χ0v) is 22.1. The highest BCUT2D eigenvalue weighted by atomic mass is 35.5. The van der Waals surface area contributed by atoms with Crippen LogP contribution in [0.5, 0.6) is 11.5 Å². The largest absolute Gasteiger partial charge is 0.497 e. The van der Waals surface area contributed by atoms with E-state index in [4.69, 9.17) is 14.5 Å². The van der Waals surface area contributed by atoms with Gasteiger partial charge in [0.15, 0.2) is 0 Å². The highest BCUT2D eigenvalue weighted by Crippen LogP contribution is 2.34. The van der Waals surface area contributed by atoms with E-state index in [2.05, 4.69) is 49.5 Å². The lowest BCUT2D eigenvalue weighted by molar-refractivity contribution is 0.232. The highest BCUT2D eigenvalue weighted by Gasteiger charge is 2.37. The average Bonchev–Trinajstić information content (AvgIpc) is 3.66. The SMILES string of the molecule is COc1cc(OC)cc(N(CCN2C[C@@H]3C[C@H]2CN3)c2ccc3ncc(-c4cnn(C)c4)nc3c2)c1.Cl. The van der Waals surface area contributed by atoms with Gasteiger partial charge in [-0.2, -0.15) is 5.10 Å². The van der Waals surface area contributed by atoms with Crippen LogP contribution in [0.2, 0.25) is 0 Å². The van der Waals surface area contributed by atoms with Crippen LogP contribution >= 0.6 is 12.4 Å². The fourth-order valence-electron chi connectivity index (χ4n) is 5.37. The van der Waals surface area contributed by atoms with Crippen molar-refractivity contribution in [3.05, 3.63) is 55.0 Å². The molecule has 2 aromatic heterocycles. The lowest BCUT2D eigenvalue weighted by atomic mass is 10.2. The maximum Gasteiger partial charge on any atom is 0.124 e. The van der Waals surface area contributed by atoms with E-state index in [1.54, 1.807) is 25.1 Å². The second kappa shape index (κ2) is 10.5. The van der Waals surface area contributed by atoms with E-state index in [0.29, 0.717) is 12.1 Å². The van der Waals surface area contributed by atoms with Gasteiger partial charge in [-0.05, 0) is 24.6 Å². The standard InChI is InChI=1S/C27H31N7O2.ClH/c1-32-16-18(13-30-32)27-15-29-25-5-4-20(11-26(25)31-27)34(7-6-33-17-19-8-22(33)14-28-19)21-9-23(35-2)12-24(10-21)36-3;/h4-5,9-13,15-16,19,22,28H,6-8,14,17H2,1-3H3;1H/t19-,22-;/m0./s1. The summed E-state index contributed by atoms with van der Waals surface area (Å²) in [5.74, 6) is 1.52. The fourth-order valence-corrected chi connectivity index (χ4v) is 5.37. The molecule has 194 valence electrons. The summed E-state index contributed by atoms with van der Waals surface area (Å²) in [5.41, 5.74) is 5.53. The third kappa shape index (κ3) is 5.07. The number of methoxy groups -OCH3 is 2. The number of aryl methyl sites for hydroxylation is 1. The van der Waals surface area contributed by atoms with Crippen molar-refractivity contribution >= 4 is 34.8 Å². The molecule has 0 aliphatic carbocycles. The normalized spacial score (nSPS) is 18.7. The Hall–Kier alpha value is -3.40. The molecular formula is C27H32ClN7O2. The van der Waals surface area contributed by atoms with E-state index in [1.807, 2.05) is 31.6 Å². The van der Waals surface area contributed by atoms with Crippen molar-refractivity contribution in [1.82, 2.24) is 30.0 Å². The number of fused-ring (bicyclic) bond motifs is 3. The highest BCUT2D eigenvalue weighted by molar-refractivity contribution is 5.85. The Morgan fingerprint density at radius 1 is 1.03 bits per heavy atom. The topological polar surface area (TPSA) is 80.6 Å². The molecule has 0 radical (unpaired) electrons. The third-order valence-corrected chi connectivity index (χ3v) is 7.27. The Morgan fingerprint density at radius 2 is 1.84 bits per heavy atom. The molecule has 2 fully saturated rings. The van der Waals surface area contributed by atoms with E-state index in [1.165, 1.54) is 6.42 Å². The van der Waals surface area contributed by atoms with E-state index in [-0.39, 0.29) is 12.4 Å². The molecular weight excluding hydrogens is 490 g/mol. The zero-order chi connectivity index (χ0) is 24.6. The first kappa shape index (κ1) is 25.3. The average molecular weight is 522 g/mol. The molecule has 0 amide bonds. The van der Waals surface area contributed by atoms with E-state index < -0.39 is 0 Å². The molecule has 2 aliphatic rings. The Balaban J connectivity index is 0.00000280. The van der Waals surface area contributed by atoms with Crippen LogP contribution in [-0.2, 0) is 7.05 Å². The van der Waals surface area contributed by atoms with Crippen LogP contribution in [0.25, 0.3) is 22.3 Å². The molecule has 0 saturated carbocycles.